The van der Waals surface area contributed by atoms with Gasteiger partial charge in [-0.1, -0.05) is 35.2 Å². The lowest BCUT2D eigenvalue weighted by atomic mass is 10.2. The second kappa shape index (κ2) is 8.87. The van der Waals surface area contributed by atoms with Gasteiger partial charge in [0.2, 0.25) is 0 Å². The first-order valence-corrected chi connectivity index (χ1v) is 10.2. The van der Waals surface area contributed by atoms with Crippen LogP contribution in [0.3, 0.4) is 0 Å². The van der Waals surface area contributed by atoms with Gasteiger partial charge in [-0.3, -0.25) is 4.79 Å². The van der Waals surface area contributed by atoms with E-state index in [2.05, 4.69) is 20.6 Å². The molecule has 30 heavy (non-hydrogen) atoms. The van der Waals surface area contributed by atoms with Crippen molar-refractivity contribution in [3.63, 3.8) is 0 Å². The SMILES string of the molecule is Cc1c(CSc2ccc(C(=O)Nc3ccc(F)cc3)cn2)nnn1-c1ccccc1. The summed E-state index contributed by atoms with van der Waals surface area (Å²) in [5.74, 6) is -0.0327. The number of rotatable bonds is 6. The van der Waals surface area contributed by atoms with Gasteiger partial charge in [0.1, 0.15) is 5.82 Å². The fraction of sp³-hybridized carbons (Fsp3) is 0.0909. The summed E-state index contributed by atoms with van der Waals surface area (Å²) in [6, 6.07) is 19.0. The lowest BCUT2D eigenvalue weighted by molar-refractivity contribution is 0.102. The number of carbonyl (C=O) groups is 1. The quantitative estimate of drug-likeness (QED) is 0.461. The molecule has 0 saturated carbocycles. The van der Waals surface area contributed by atoms with E-state index in [4.69, 9.17) is 0 Å². The number of nitrogens with one attached hydrogen (secondary N) is 1. The highest BCUT2D eigenvalue weighted by Crippen LogP contribution is 2.23. The Kier molecular flexibility index (Phi) is 5.85. The van der Waals surface area contributed by atoms with E-state index in [0.29, 0.717) is 17.0 Å². The van der Waals surface area contributed by atoms with Crippen molar-refractivity contribution in [3.05, 3.63) is 95.7 Å². The van der Waals surface area contributed by atoms with Crippen molar-refractivity contribution < 1.29 is 9.18 Å². The number of para-hydroxylation sites is 1. The van der Waals surface area contributed by atoms with Crippen LogP contribution in [0.15, 0.2) is 78.0 Å². The number of carbonyl (C=O) groups excluding carboxylic acids is 1. The largest absolute Gasteiger partial charge is 0.322 e. The predicted molar refractivity (Wildman–Crippen MR) is 114 cm³/mol. The third-order valence-electron chi connectivity index (χ3n) is 4.45. The van der Waals surface area contributed by atoms with Crippen LogP contribution in [-0.4, -0.2) is 25.9 Å². The molecule has 0 saturated heterocycles. The summed E-state index contributed by atoms with van der Waals surface area (Å²) >= 11 is 1.52. The Hall–Kier alpha value is -3.52. The first kappa shape index (κ1) is 19.8. The highest BCUT2D eigenvalue weighted by molar-refractivity contribution is 7.98. The molecule has 6 nitrogen and oxygen atoms in total. The van der Waals surface area contributed by atoms with E-state index >= 15 is 0 Å². The number of pyridine rings is 1. The van der Waals surface area contributed by atoms with Crippen LogP contribution >= 0.6 is 11.8 Å². The maximum Gasteiger partial charge on any atom is 0.257 e. The molecular weight excluding hydrogens is 401 g/mol. The zero-order valence-electron chi connectivity index (χ0n) is 16.1. The standard InChI is InChI=1S/C22H18FN5OS/c1-15-20(26-27-28(15)19-5-3-2-4-6-19)14-30-21-12-7-16(13-24-21)22(29)25-18-10-8-17(23)9-11-18/h2-13H,14H2,1H3,(H,25,29). The van der Waals surface area contributed by atoms with Crippen molar-refractivity contribution in [2.45, 2.75) is 17.7 Å². The van der Waals surface area contributed by atoms with Crippen LogP contribution < -0.4 is 5.32 Å². The number of anilines is 1. The molecule has 1 N–H and O–H groups in total. The highest BCUT2D eigenvalue weighted by atomic mass is 32.2. The molecule has 2 heterocycles. The molecule has 0 unspecified atom stereocenters. The van der Waals surface area contributed by atoms with Crippen LogP contribution in [0.25, 0.3) is 5.69 Å². The lowest BCUT2D eigenvalue weighted by Crippen LogP contribution is -2.12. The van der Waals surface area contributed by atoms with Gasteiger partial charge in [-0.2, -0.15) is 0 Å². The normalized spacial score (nSPS) is 10.7. The summed E-state index contributed by atoms with van der Waals surface area (Å²) < 4.78 is 14.8. The van der Waals surface area contributed by atoms with Crippen LogP contribution in [0.4, 0.5) is 10.1 Å². The van der Waals surface area contributed by atoms with Crippen molar-refractivity contribution in [1.29, 1.82) is 0 Å². The molecule has 0 atom stereocenters. The van der Waals surface area contributed by atoms with E-state index in [1.807, 2.05) is 41.9 Å². The molecule has 0 spiro atoms. The van der Waals surface area contributed by atoms with Gasteiger partial charge in [-0.25, -0.2) is 14.1 Å². The number of hydrogen-bond donors (Lipinski definition) is 1. The minimum atomic E-state index is -0.352. The molecule has 2 aromatic heterocycles. The number of nitrogens with zero attached hydrogens (tertiary/aromatic N) is 4. The molecule has 0 radical (unpaired) electrons. The minimum absolute atomic E-state index is 0.299. The zero-order chi connectivity index (χ0) is 20.9. The maximum atomic E-state index is 13.0. The van der Waals surface area contributed by atoms with Gasteiger partial charge in [-0.05, 0) is 55.5 Å². The summed E-state index contributed by atoms with van der Waals surface area (Å²) in [5, 5.41) is 12.0. The summed E-state index contributed by atoms with van der Waals surface area (Å²) in [4.78, 5) is 16.7. The number of halogens is 1. The lowest BCUT2D eigenvalue weighted by Gasteiger charge is -2.06. The van der Waals surface area contributed by atoms with Crippen molar-refractivity contribution >= 4 is 23.4 Å². The number of benzene rings is 2. The molecule has 4 aromatic rings. The number of amides is 1. The van der Waals surface area contributed by atoms with Crippen molar-refractivity contribution in [2.24, 2.45) is 0 Å². The summed E-state index contributed by atoms with van der Waals surface area (Å²) in [7, 11) is 0. The molecule has 0 aliphatic carbocycles. The number of hydrogen-bond acceptors (Lipinski definition) is 5. The molecule has 0 aliphatic rings. The molecule has 0 fully saturated rings. The van der Waals surface area contributed by atoms with E-state index in [1.54, 1.807) is 12.1 Å². The minimum Gasteiger partial charge on any atom is -0.322 e. The van der Waals surface area contributed by atoms with Gasteiger partial charge in [0.15, 0.2) is 0 Å². The Morgan fingerprint density at radius 1 is 1.07 bits per heavy atom. The molecular formula is C22H18FN5OS. The zero-order valence-corrected chi connectivity index (χ0v) is 16.9. The first-order chi connectivity index (χ1) is 14.6. The monoisotopic (exact) mass is 419 g/mol. The summed E-state index contributed by atoms with van der Waals surface area (Å²) in [6.45, 7) is 1.99. The van der Waals surface area contributed by atoms with Gasteiger partial charge in [-0.15, -0.1) is 5.10 Å². The van der Waals surface area contributed by atoms with Crippen LogP contribution in [0.1, 0.15) is 21.7 Å². The molecule has 4 rings (SSSR count). The smallest absolute Gasteiger partial charge is 0.257 e. The van der Waals surface area contributed by atoms with E-state index in [9.17, 15) is 9.18 Å². The van der Waals surface area contributed by atoms with Crippen molar-refractivity contribution in [1.82, 2.24) is 20.0 Å². The first-order valence-electron chi connectivity index (χ1n) is 9.22. The topological polar surface area (TPSA) is 72.7 Å². The molecule has 0 aliphatic heterocycles. The highest BCUT2D eigenvalue weighted by Gasteiger charge is 2.12. The van der Waals surface area contributed by atoms with Gasteiger partial charge < -0.3 is 5.32 Å². The van der Waals surface area contributed by atoms with Gasteiger partial charge in [0.05, 0.1) is 27.7 Å². The van der Waals surface area contributed by atoms with Gasteiger partial charge in [0.25, 0.3) is 5.91 Å². The van der Waals surface area contributed by atoms with E-state index in [1.165, 1.54) is 42.2 Å². The van der Waals surface area contributed by atoms with Crippen molar-refractivity contribution in [3.8, 4) is 5.69 Å². The predicted octanol–water partition coefficient (Wildman–Crippen LogP) is 4.65. The van der Waals surface area contributed by atoms with E-state index in [0.717, 1.165) is 22.1 Å². The molecule has 150 valence electrons. The fourth-order valence-corrected chi connectivity index (χ4v) is 3.63. The molecule has 0 bridgehead atoms. The van der Waals surface area contributed by atoms with E-state index < -0.39 is 0 Å². The van der Waals surface area contributed by atoms with Crippen molar-refractivity contribution in [2.75, 3.05) is 5.32 Å². The Labute approximate surface area is 177 Å². The number of aromatic nitrogens is 4. The third kappa shape index (κ3) is 4.55. The van der Waals surface area contributed by atoms with Gasteiger partial charge in [0, 0.05) is 17.6 Å². The van der Waals surface area contributed by atoms with Crippen LogP contribution in [0.5, 0.6) is 0 Å². The van der Waals surface area contributed by atoms with Crippen LogP contribution in [0, 0.1) is 12.7 Å². The maximum absolute atomic E-state index is 13.0. The van der Waals surface area contributed by atoms with E-state index in [-0.39, 0.29) is 11.7 Å². The van der Waals surface area contributed by atoms with Crippen LogP contribution in [-0.2, 0) is 5.75 Å². The fourth-order valence-electron chi connectivity index (χ4n) is 2.79. The summed E-state index contributed by atoms with van der Waals surface area (Å²) in [5.41, 5.74) is 3.77. The summed E-state index contributed by atoms with van der Waals surface area (Å²) in [6.07, 6.45) is 1.52. The van der Waals surface area contributed by atoms with Crippen LogP contribution in [0.2, 0.25) is 0 Å². The molecule has 8 heteroatoms. The Balaban J connectivity index is 1.38. The average molecular weight is 419 g/mol. The number of thioether (sulfide) groups is 1. The second-order valence-electron chi connectivity index (χ2n) is 6.50. The molecule has 2 aromatic carbocycles. The Morgan fingerprint density at radius 2 is 1.83 bits per heavy atom. The second-order valence-corrected chi connectivity index (χ2v) is 7.50. The molecule has 1 amide bonds. The Bertz CT molecular complexity index is 1140. The third-order valence-corrected chi connectivity index (χ3v) is 5.40. The Morgan fingerprint density at radius 3 is 2.53 bits per heavy atom. The van der Waals surface area contributed by atoms with Gasteiger partial charge >= 0.3 is 0 Å². The average Bonchev–Trinajstić information content (AvgIpc) is 3.15.